The highest BCUT2D eigenvalue weighted by molar-refractivity contribution is 5.28. The molecule has 14 heavy (non-hydrogen) atoms. The first kappa shape index (κ1) is 10.9. The van der Waals surface area contributed by atoms with E-state index in [9.17, 15) is 13.2 Å². The van der Waals surface area contributed by atoms with E-state index in [4.69, 9.17) is 10.8 Å². The Morgan fingerprint density at radius 2 is 2.14 bits per heavy atom. The Balaban J connectivity index is 3.28. The Morgan fingerprint density at radius 3 is 2.57 bits per heavy atom. The van der Waals surface area contributed by atoms with Gasteiger partial charge in [-0.15, -0.1) is 0 Å². The van der Waals surface area contributed by atoms with E-state index in [0.29, 0.717) is 0 Å². The molecule has 0 bridgehead atoms. The van der Waals surface area contributed by atoms with Gasteiger partial charge in [0.05, 0.1) is 12.3 Å². The fourth-order valence-corrected chi connectivity index (χ4v) is 1.09. The van der Waals surface area contributed by atoms with Crippen LogP contribution in [-0.4, -0.2) is 10.1 Å². The third kappa shape index (κ3) is 2.02. The number of hydrogen-bond acceptors (Lipinski definition) is 3. The lowest BCUT2D eigenvalue weighted by Gasteiger charge is -2.08. The maximum absolute atomic E-state index is 13.0. The minimum absolute atomic E-state index is 0.130. The van der Waals surface area contributed by atoms with Gasteiger partial charge in [0, 0.05) is 17.7 Å². The van der Waals surface area contributed by atoms with E-state index in [1.54, 1.807) is 0 Å². The fourth-order valence-electron chi connectivity index (χ4n) is 1.09. The molecule has 78 valence electrons. The molecule has 0 saturated carbocycles. The van der Waals surface area contributed by atoms with Gasteiger partial charge in [0.1, 0.15) is 0 Å². The maximum Gasteiger partial charge on any atom is 0.264 e. The Hall–Kier alpha value is -1.14. The quantitative estimate of drug-likeness (QED) is 0.728. The van der Waals surface area contributed by atoms with Gasteiger partial charge < -0.3 is 10.8 Å². The lowest BCUT2D eigenvalue weighted by molar-refractivity contribution is 0.149. The van der Waals surface area contributed by atoms with E-state index in [2.05, 4.69) is 4.98 Å². The van der Waals surface area contributed by atoms with Gasteiger partial charge in [-0.1, -0.05) is 0 Å². The van der Waals surface area contributed by atoms with Crippen molar-refractivity contribution in [3.63, 3.8) is 0 Å². The smallest absolute Gasteiger partial charge is 0.264 e. The third-order valence-corrected chi connectivity index (χ3v) is 1.76. The van der Waals surface area contributed by atoms with Crippen molar-refractivity contribution in [3.8, 4) is 0 Å². The summed E-state index contributed by atoms with van der Waals surface area (Å²) >= 11 is 0. The third-order valence-electron chi connectivity index (χ3n) is 1.76. The number of pyridine rings is 1. The average Bonchev–Trinajstić information content (AvgIpc) is 2.16. The second kappa shape index (κ2) is 4.39. The Morgan fingerprint density at radius 1 is 1.50 bits per heavy atom. The minimum Gasteiger partial charge on any atom is -0.390 e. The number of aliphatic hydroxyl groups is 1. The highest BCUT2D eigenvalue weighted by Crippen LogP contribution is 2.24. The molecule has 0 atom stereocenters. The van der Waals surface area contributed by atoms with Crippen molar-refractivity contribution in [2.75, 3.05) is 0 Å². The van der Waals surface area contributed by atoms with Crippen LogP contribution in [0.25, 0.3) is 0 Å². The highest BCUT2D eigenvalue weighted by atomic mass is 19.3. The van der Waals surface area contributed by atoms with E-state index in [1.165, 1.54) is 0 Å². The number of halogens is 3. The Labute approximate surface area is 78.4 Å². The molecule has 0 unspecified atom stereocenters. The van der Waals surface area contributed by atoms with Crippen molar-refractivity contribution >= 4 is 0 Å². The Kier molecular flexibility index (Phi) is 3.43. The summed E-state index contributed by atoms with van der Waals surface area (Å²) in [6.45, 7) is -0.925. The van der Waals surface area contributed by atoms with Gasteiger partial charge in [0.2, 0.25) is 5.95 Å². The molecular formula is C8H9F3N2O. The molecule has 6 heteroatoms. The monoisotopic (exact) mass is 206 g/mol. The molecule has 0 radical (unpaired) electrons. The van der Waals surface area contributed by atoms with Crippen LogP contribution in [0, 0.1) is 5.95 Å². The molecule has 3 N–H and O–H groups in total. The van der Waals surface area contributed by atoms with Crippen LogP contribution in [0.1, 0.15) is 23.2 Å². The molecule has 0 fully saturated rings. The average molecular weight is 206 g/mol. The number of hydrogen-bond donors (Lipinski definition) is 2. The molecule has 0 aliphatic heterocycles. The molecule has 0 saturated heterocycles. The number of alkyl halides is 2. The van der Waals surface area contributed by atoms with Gasteiger partial charge in [-0.2, -0.15) is 4.39 Å². The van der Waals surface area contributed by atoms with E-state index in [1.807, 2.05) is 0 Å². The van der Waals surface area contributed by atoms with Crippen LogP contribution >= 0.6 is 0 Å². The van der Waals surface area contributed by atoms with Gasteiger partial charge in [0.25, 0.3) is 6.43 Å². The second-order valence-corrected chi connectivity index (χ2v) is 2.64. The summed E-state index contributed by atoms with van der Waals surface area (Å²) in [6, 6.07) is 0.954. The van der Waals surface area contributed by atoms with Gasteiger partial charge in [-0.25, -0.2) is 13.8 Å². The summed E-state index contributed by atoms with van der Waals surface area (Å²) in [5.41, 5.74) is 4.16. The van der Waals surface area contributed by atoms with E-state index < -0.39 is 24.5 Å². The van der Waals surface area contributed by atoms with Gasteiger partial charge in [-0.05, 0) is 6.07 Å². The van der Waals surface area contributed by atoms with Crippen molar-refractivity contribution in [3.05, 3.63) is 28.8 Å². The summed E-state index contributed by atoms with van der Waals surface area (Å²) in [5.74, 6) is -1.05. The molecule has 1 heterocycles. The molecule has 0 spiro atoms. The molecule has 3 nitrogen and oxygen atoms in total. The van der Waals surface area contributed by atoms with Crippen molar-refractivity contribution < 1.29 is 18.3 Å². The normalized spacial score (nSPS) is 11.0. The predicted molar refractivity (Wildman–Crippen MR) is 43.0 cm³/mol. The van der Waals surface area contributed by atoms with Crippen molar-refractivity contribution in [2.45, 2.75) is 19.6 Å². The molecule has 0 aromatic carbocycles. The van der Waals surface area contributed by atoms with Crippen LogP contribution in [-0.2, 0) is 13.2 Å². The zero-order valence-electron chi connectivity index (χ0n) is 7.17. The minimum atomic E-state index is -2.82. The number of nitrogens with zero attached hydrogens (tertiary/aromatic N) is 1. The number of aliphatic hydroxyl groups excluding tert-OH is 1. The lowest BCUT2D eigenvalue weighted by atomic mass is 10.1. The molecule has 1 rings (SSSR count). The fraction of sp³-hybridized carbons (Fsp3) is 0.375. The van der Waals surface area contributed by atoms with Crippen molar-refractivity contribution in [1.82, 2.24) is 4.98 Å². The first-order valence-electron chi connectivity index (χ1n) is 3.87. The van der Waals surface area contributed by atoms with Crippen LogP contribution in [0.5, 0.6) is 0 Å². The van der Waals surface area contributed by atoms with E-state index in [-0.39, 0.29) is 17.8 Å². The summed E-state index contributed by atoms with van der Waals surface area (Å²) in [6.07, 6.45) is -2.82. The molecule has 0 amide bonds. The SMILES string of the molecule is NCc1c(C(F)F)cc(CO)nc1F. The van der Waals surface area contributed by atoms with Crippen LogP contribution in [0.15, 0.2) is 6.07 Å². The highest BCUT2D eigenvalue weighted by Gasteiger charge is 2.17. The molecular weight excluding hydrogens is 197 g/mol. The molecule has 1 aromatic rings. The van der Waals surface area contributed by atoms with E-state index >= 15 is 0 Å². The van der Waals surface area contributed by atoms with Crippen LogP contribution < -0.4 is 5.73 Å². The molecule has 0 aliphatic carbocycles. The first-order valence-corrected chi connectivity index (χ1v) is 3.87. The molecule has 1 aromatic heterocycles. The zero-order valence-corrected chi connectivity index (χ0v) is 7.17. The van der Waals surface area contributed by atoms with Crippen LogP contribution in [0.4, 0.5) is 13.2 Å². The first-order chi connectivity index (χ1) is 6.60. The van der Waals surface area contributed by atoms with Crippen molar-refractivity contribution in [1.29, 1.82) is 0 Å². The summed E-state index contributed by atoms with van der Waals surface area (Å²) < 4.78 is 37.8. The van der Waals surface area contributed by atoms with Gasteiger partial charge in [0.15, 0.2) is 0 Å². The summed E-state index contributed by atoms with van der Waals surface area (Å²) in [5, 5.41) is 8.63. The summed E-state index contributed by atoms with van der Waals surface area (Å²) in [4.78, 5) is 3.28. The number of nitrogens with two attached hydrogens (primary N) is 1. The lowest BCUT2D eigenvalue weighted by Crippen LogP contribution is -2.09. The van der Waals surface area contributed by atoms with Crippen LogP contribution in [0.2, 0.25) is 0 Å². The van der Waals surface area contributed by atoms with Crippen molar-refractivity contribution in [2.24, 2.45) is 5.73 Å². The molecule has 0 aliphatic rings. The number of rotatable bonds is 3. The largest absolute Gasteiger partial charge is 0.390 e. The topological polar surface area (TPSA) is 59.1 Å². The summed E-state index contributed by atoms with van der Waals surface area (Å²) in [7, 11) is 0. The van der Waals surface area contributed by atoms with E-state index in [0.717, 1.165) is 6.07 Å². The Bertz CT molecular complexity index is 331. The predicted octanol–water partition coefficient (Wildman–Crippen LogP) is 1.11. The van der Waals surface area contributed by atoms with Gasteiger partial charge >= 0.3 is 0 Å². The number of aromatic nitrogens is 1. The second-order valence-electron chi connectivity index (χ2n) is 2.64. The zero-order chi connectivity index (χ0) is 10.7. The standard InChI is InChI=1S/C8H9F3N2O/c9-7(10)5-1-4(3-14)13-8(11)6(5)2-12/h1,7,14H,2-3,12H2. The van der Waals surface area contributed by atoms with Crippen LogP contribution in [0.3, 0.4) is 0 Å². The maximum atomic E-state index is 13.0. The van der Waals surface area contributed by atoms with Gasteiger partial charge in [-0.3, -0.25) is 0 Å².